The van der Waals surface area contributed by atoms with E-state index in [-0.39, 0.29) is 38.0 Å². The van der Waals surface area contributed by atoms with Crippen molar-refractivity contribution >= 4 is 21.8 Å². The Morgan fingerprint density at radius 1 is 0.754 bits per heavy atom. The number of nitrogens with zero attached hydrogens (tertiary/aromatic N) is 2. The largest absolute Gasteiger partial charge is 0.460 e. The number of halogens is 9. The van der Waals surface area contributed by atoms with Crippen molar-refractivity contribution in [2.75, 3.05) is 26.2 Å². The molecule has 2 aliphatic rings. The van der Waals surface area contributed by atoms with Gasteiger partial charge in [-0.2, -0.15) is 26.3 Å². The van der Waals surface area contributed by atoms with Crippen molar-refractivity contribution in [1.82, 2.24) is 9.80 Å². The van der Waals surface area contributed by atoms with E-state index in [9.17, 15) is 57.5 Å². The summed E-state index contributed by atoms with van der Waals surface area (Å²) in [5.41, 5.74) is -9.36. The van der Waals surface area contributed by atoms with E-state index in [1.54, 1.807) is 20.8 Å². The number of alkyl halides is 6. The second kappa shape index (κ2) is 15.5. The Kier molecular flexibility index (Phi) is 11.9. The Morgan fingerprint density at radius 3 is 1.79 bits per heavy atom. The molecule has 0 aromatic heterocycles. The maximum atomic E-state index is 14.6. The first-order chi connectivity index (χ1) is 26.3. The van der Waals surface area contributed by atoms with Crippen molar-refractivity contribution in [3.8, 4) is 0 Å². The zero-order valence-corrected chi connectivity index (χ0v) is 32.2. The monoisotopic (exact) mass is 836 g/mol. The normalized spacial score (nSPS) is 19.5. The third kappa shape index (κ3) is 8.61. The molecule has 8 nitrogen and oxygen atoms in total. The molecule has 57 heavy (non-hydrogen) atoms. The van der Waals surface area contributed by atoms with Gasteiger partial charge >= 0.3 is 24.4 Å². The topological polar surface area (TPSA) is 93.2 Å². The van der Waals surface area contributed by atoms with Crippen LogP contribution in [0.15, 0.2) is 71.6 Å². The molecule has 3 aromatic carbocycles. The van der Waals surface area contributed by atoms with E-state index in [4.69, 9.17) is 4.74 Å². The zero-order chi connectivity index (χ0) is 42.4. The Labute approximate surface area is 323 Å². The molecule has 2 saturated heterocycles. The molecule has 0 radical (unpaired) electrons. The number of hydrogen-bond acceptors (Lipinski definition) is 6. The van der Waals surface area contributed by atoms with Crippen LogP contribution in [0.25, 0.3) is 0 Å². The van der Waals surface area contributed by atoms with Gasteiger partial charge in [0.1, 0.15) is 27.8 Å². The lowest BCUT2D eigenvalue weighted by Gasteiger charge is -2.40. The molecule has 2 heterocycles. The van der Waals surface area contributed by atoms with Crippen LogP contribution in [0.4, 0.5) is 44.3 Å². The molecule has 0 unspecified atom stereocenters. The van der Waals surface area contributed by atoms with Gasteiger partial charge in [0.05, 0.1) is 17.9 Å². The highest BCUT2D eigenvalue weighted by Crippen LogP contribution is 2.54. The van der Waals surface area contributed by atoms with Gasteiger partial charge in [0.2, 0.25) is 0 Å². The smallest absolute Gasteiger partial charge is 0.430 e. The summed E-state index contributed by atoms with van der Waals surface area (Å²) in [5, 5.41) is 0. The standard InChI is InChI=1S/C39H41F9N2O6S/c1-34(2,3)56-32(51)22-35(4)16-19-49(20-17-35)33(52)50-21-18-36(24-50,57(53,54)28-14-12-27(40)13-15-28)25-8-10-26(11-9-25)37(38(43,44)45,39(46,47)48)55-23-29-30(41)6-5-7-31(29)42/h5-15H,16-24H2,1-4H3/t36-/m0/s1. The van der Waals surface area contributed by atoms with Crippen molar-refractivity contribution < 1.29 is 67.0 Å². The van der Waals surface area contributed by atoms with Crippen LogP contribution in [-0.2, 0) is 41.1 Å². The second-order valence-corrected chi connectivity index (χ2v) is 18.0. The summed E-state index contributed by atoms with van der Waals surface area (Å²) >= 11 is 0. The lowest BCUT2D eigenvalue weighted by atomic mass is 9.77. The fourth-order valence-electron chi connectivity index (χ4n) is 7.33. The van der Waals surface area contributed by atoms with E-state index < -0.39 is 102 Å². The number of amides is 2. The second-order valence-electron chi connectivity index (χ2n) is 15.7. The Hall–Kier alpha value is -4.32. The van der Waals surface area contributed by atoms with Crippen molar-refractivity contribution in [3.63, 3.8) is 0 Å². The summed E-state index contributed by atoms with van der Waals surface area (Å²) in [7, 11) is -4.66. The third-order valence-corrected chi connectivity index (χ3v) is 13.0. The number of carbonyl (C=O) groups excluding carboxylic acids is 2. The highest BCUT2D eigenvalue weighted by Gasteiger charge is 2.73. The Bertz CT molecular complexity index is 2030. The van der Waals surface area contributed by atoms with Gasteiger partial charge in [-0.15, -0.1) is 0 Å². The quantitative estimate of drug-likeness (QED) is 0.122. The summed E-state index contributed by atoms with van der Waals surface area (Å²) < 4.78 is 167. The van der Waals surface area contributed by atoms with Crippen LogP contribution in [0.1, 0.15) is 70.1 Å². The van der Waals surface area contributed by atoms with Gasteiger partial charge in [-0.25, -0.2) is 26.4 Å². The van der Waals surface area contributed by atoms with Gasteiger partial charge in [-0.1, -0.05) is 37.3 Å². The average molecular weight is 837 g/mol. The minimum Gasteiger partial charge on any atom is -0.460 e. The molecular weight excluding hydrogens is 795 g/mol. The number of benzene rings is 3. The maximum absolute atomic E-state index is 14.6. The molecule has 3 aromatic rings. The molecule has 2 amide bonds. The fraction of sp³-hybridized carbons (Fsp3) is 0.487. The Balaban J connectivity index is 1.49. The highest BCUT2D eigenvalue weighted by atomic mass is 32.2. The number of likely N-dealkylation sites (tertiary alicyclic amines) is 2. The Morgan fingerprint density at radius 2 is 1.28 bits per heavy atom. The van der Waals surface area contributed by atoms with E-state index in [1.165, 1.54) is 9.80 Å². The van der Waals surface area contributed by atoms with Crippen LogP contribution in [0.2, 0.25) is 0 Å². The van der Waals surface area contributed by atoms with Crippen LogP contribution in [-0.4, -0.2) is 74.4 Å². The van der Waals surface area contributed by atoms with Crippen molar-refractivity contribution in [2.45, 2.75) is 93.2 Å². The minimum absolute atomic E-state index is 0.0973. The lowest BCUT2D eigenvalue weighted by molar-refractivity contribution is -0.392. The van der Waals surface area contributed by atoms with Crippen LogP contribution in [0.3, 0.4) is 0 Å². The predicted molar refractivity (Wildman–Crippen MR) is 188 cm³/mol. The third-order valence-electron chi connectivity index (χ3n) is 10.5. The average Bonchev–Trinajstić information content (AvgIpc) is 3.55. The van der Waals surface area contributed by atoms with Gasteiger partial charge in [-0.3, -0.25) is 4.79 Å². The van der Waals surface area contributed by atoms with Crippen LogP contribution < -0.4 is 0 Å². The number of carbonyl (C=O) groups is 2. The summed E-state index contributed by atoms with van der Waals surface area (Å²) in [6.07, 6.45) is -12.0. The van der Waals surface area contributed by atoms with Gasteiger partial charge in [0.25, 0.3) is 5.60 Å². The number of sulfone groups is 1. The molecule has 0 spiro atoms. The lowest BCUT2D eigenvalue weighted by Crippen LogP contribution is -2.56. The number of piperidine rings is 1. The van der Waals surface area contributed by atoms with Gasteiger partial charge in [-0.05, 0) is 87.4 Å². The van der Waals surface area contributed by atoms with Crippen molar-refractivity contribution in [3.05, 3.63) is 101 Å². The molecule has 0 N–H and O–H groups in total. The first-order valence-electron chi connectivity index (χ1n) is 17.8. The molecule has 5 rings (SSSR count). The number of ether oxygens (including phenoxy) is 2. The van der Waals surface area contributed by atoms with Crippen LogP contribution >= 0.6 is 0 Å². The van der Waals surface area contributed by atoms with E-state index in [1.807, 2.05) is 6.92 Å². The number of rotatable bonds is 9. The van der Waals surface area contributed by atoms with E-state index in [0.29, 0.717) is 37.1 Å². The molecular formula is C39H41F9N2O6S. The van der Waals surface area contributed by atoms with Gasteiger partial charge < -0.3 is 19.3 Å². The van der Waals surface area contributed by atoms with Crippen LogP contribution in [0.5, 0.6) is 0 Å². The predicted octanol–water partition coefficient (Wildman–Crippen LogP) is 8.97. The summed E-state index contributed by atoms with van der Waals surface area (Å²) in [5.74, 6) is -4.09. The van der Waals surface area contributed by atoms with Crippen molar-refractivity contribution in [1.29, 1.82) is 0 Å². The molecule has 312 valence electrons. The summed E-state index contributed by atoms with van der Waals surface area (Å²) in [6, 6.07) is 7.40. The van der Waals surface area contributed by atoms with E-state index >= 15 is 0 Å². The number of hydrogen-bond donors (Lipinski definition) is 0. The molecule has 2 aliphatic heterocycles. The van der Waals surface area contributed by atoms with Crippen molar-refractivity contribution in [2.24, 2.45) is 5.41 Å². The van der Waals surface area contributed by atoms with E-state index in [0.717, 1.165) is 42.5 Å². The highest BCUT2D eigenvalue weighted by molar-refractivity contribution is 7.92. The molecule has 18 heteroatoms. The SMILES string of the molecule is CC1(CC(=O)OC(C)(C)C)CCN(C(=O)N2CC[C@](c3ccc(C(OCc4c(F)cccc4F)(C(F)(F)F)C(F)(F)F)cc3)(S(=O)(=O)c3ccc(F)cc3)C2)CC1. The van der Waals surface area contributed by atoms with Crippen LogP contribution in [0, 0.1) is 22.9 Å². The fourth-order valence-corrected chi connectivity index (χ4v) is 9.41. The van der Waals surface area contributed by atoms with Gasteiger partial charge in [0.15, 0.2) is 9.84 Å². The summed E-state index contributed by atoms with van der Waals surface area (Å²) in [6.45, 7) is 4.92. The molecule has 2 fully saturated rings. The number of esters is 1. The molecule has 1 atom stereocenters. The number of urea groups is 1. The van der Waals surface area contributed by atoms with E-state index in [2.05, 4.69) is 4.74 Å². The summed E-state index contributed by atoms with van der Waals surface area (Å²) in [4.78, 5) is 28.7. The molecule has 0 aliphatic carbocycles. The molecule has 0 saturated carbocycles. The zero-order valence-electron chi connectivity index (χ0n) is 31.4. The van der Waals surface area contributed by atoms with Gasteiger partial charge in [0, 0.05) is 37.3 Å². The molecule has 0 bridgehead atoms. The maximum Gasteiger partial charge on any atom is 0.430 e. The minimum atomic E-state index is -6.25. The first kappa shape index (κ1) is 43.8. The first-order valence-corrected chi connectivity index (χ1v) is 19.3.